The number of nitrogens with two attached hydrogens (primary N) is 1. The summed E-state index contributed by atoms with van der Waals surface area (Å²) in [5, 5.41) is 3.62. The van der Waals surface area contributed by atoms with Crippen LogP contribution < -0.4 is 15.8 Å². The number of amides is 1. The molecule has 2 bridgehead atoms. The molecule has 0 radical (unpaired) electrons. The van der Waals surface area contributed by atoms with Gasteiger partial charge in [0.05, 0.1) is 22.9 Å². The molecule has 132 valence electrons. The van der Waals surface area contributed by atoms with Crippen LogP contribution >= 0.6 is 24.0 Å². The number of carbonyl (C=O) groups excluding carboxylic acids is 1. The molecule has 0 aromatic heterocycles. The zero-order valence-electron chi connectivity index (χ0n) is 13.7. The topological polar surface area (TPSA) is 67.6 Å². The van der Waals surface area contributed by atoms with Crippen LogP contribution in [-0.4, -0.2) is 42.6 Å². The number of ether oxygens (including phenoxy) is 1. The number of hydrogen-bond donors (Lipinski definition) is 2. The van der Waals surface area contributed by atoms with Gasteiger partial charge in [0.25, 0.3) is 5.91 Å². The molecular formula is C17H23Cl2N3O2. The van der Waals surface area contributed by atoms with Crippen LogP contribution in [-0.2, 0) is 6.42 Å². The molecule has 3 aliphatic heterocycles. The number of benzene rings is 1. The highest BCUT2D eigenvalue weighted by Gasteiger charge is 2.39. The Hall–Kier alpha value is -1.17. The molecule has 24 heavy (non-hydrogen) atoms. The molecule has 3 N–H and O–H groups in total. The summed E-state index contributed by atoms with van der Waals surface area (Å²) in [5.74, 6) is 0.513. The van der Waals surface area contributed by atoms with E-state index < -0.39 is 0 Å². The highest BCUT2D eigenvalue weighted by atomic mass is 35.5. The lowest BCUT2D eigenvalue weighted by molar-refractivity contribution is 0.0879. The van der Waals surface area contributed by atoms with E-state index in [1.165, 1.54) is 12.8 Å². The summed E-state index contributed by atoms with van der Waals surface area (Å²) in [7, 11) is 2.20. The van der Waals surface area contributed by atoms with Crippen LogP contribution in [0.5, 0.6) is 5.75 Å². The Morgan fingerprint density at radius 3 is 2.71 bits per heavy atom. The van der Waals surface area contributed by atoms with Crippen molar-refractivity contribution in [1.29, 1.82) is 0 Å². The van der Waals surface area contributed by atoms with E-state index in [2.05, 4.69) is 17.3 Å². The number of anilines is 1. The van der Waals surface area contributed by atoms with Gasteiger partial charge >= 0.3 is 0 Å². The quantitative estimate of drug-likeness (QED) is 0.784. The Balaban J connectivity index is 0.00000169. The summed E-state index contributed by atoms with van der Waals surface area (Å²) < 4.78 is 5.64. The summed E-state index contributed by atoms with van der Waals surface area (Å²) in [6.07, 6.45) is 5.22. The number of fused-ring (bicyclic) bond motifs is 3. The van der Waals surface area contributed by atoms with Gasteiger partial charge in [0.1, 0.15) is 5.75 Å². The fourth-order valence-corrected chi connectivity index (χ4v) is 4.55. The van der Waals surface area contributed by atoms with E-state index in [0.29, 0.717) is 47.1 Å². The van der Waals surface area contributed by atoms with Crippen LogP contribution in [0.25, 0.3) is 0 Å². The van der Waals surface area contributed by atoms with Crippen LogP contribution in [0.3, 0.4) is 0 Å². The van der Waals surface area contributed by atoms with Gasteiger partial charge in [0.2, 0.25) is 0 Å². The van der Waals surface area contributed by atoms with Gasteiger partial charge < -0.3 is 20.7 Å². The molecule has 0 spiro atoms. The third-order valence-electron chi connectivity index (χ3n) is 5.65. The number of halogens is 2. The maximum absolute atomic E-state index is 12.7. The van der Waals surface area contributed by atoms with Crippen LogP contribution in [0.1, 0.15) is 41.6 Å². The van der Waals surface area contributed by atoms with E-state index in [1.807, 2.05) is 0 Å². The third-order valence-corrected chi connectivity index (χ3v) is 5.96. The summed E-state index contributed by atoms with van der Waals surface area (Å²) in [4.78, 5) is 15.2. The van der Waals surface area contributed by atoms with Crippen molar-refractivity contribution in [3.8, 4) is 5.75 Å². The standard InChI is InChI=1S/C17H22ClN3O2.ClH/c1-21-10-2-3-11(21)7-9(6-10)20-17(22)13-8-14(18)15(19)12-4-5-23-16(12)13;/h8-11H,2-7,19H2,1H3,(H,20,22);1H/t9?,10-,11+;. The van der Waals surface area contributed by atoms with Gasteiger partial charge in [-0.25, -0.2) is 0 Å². The summed E-state index contributed by atoms with van der Waals surface area (Å²) in [6.45, 7) is 0.554. The zero-order valence-corrected chi connectivity index (χ0v) is 15.3. The Kier molecular flexibility index (Phi) is 4.87. The fraction of sp³-hybridized carbons (Fsp3) is 0.588. The van der Waals surface area contributed by atoms with Crippen molar-refractivity contribution < 1.29 is 9.53 Å². The Morgan fingerprint density at radius 1 is 1.38 bits per heavy atom. The van der Waals surface area contributed by atoms with Crippen molar-refractivity contribution in [2.45, 2.75) is 50.2 Å². The molecule has 2 saturated heterocycles. The lowest BCUT2D eigenvalue weighted by Gasteiger charge is -2.36. The molecular weight excluding hydrogens is 349 g/mol. The predicted molar refractivity (Wildman–Crippen MR) is 97.4 cm³/mol. The van der Waals surface area contributed by atoms with Gasteiger partial charge in [-0.3, -0.25) is 4.79 Å². The molecule has 1 aromatic carbocycles. The zero-order chi connectivity index (χ0) is 16.1. The molecule has 3 heterocycles. The largest absolute Gasteiger partial charge is 0.492 e. The Labute approximate surface area is 153 Å². The summed E-state index contributed by atoms with van der Waals surface area (Å²) in [6, 6.07) is 3.05. The highest BCUT2D eigenvalue weighted by molar-refractivity contribution is 6.33. The average molecular weight is 372 g/mol. The Bertz CT molecular complexity index is 654. The van der Waals surface area contributed by atoms with Crippen molar-refractivity contribution in [3.05, 3.63) is 22.2 Å². The van der Waals surface area contributed by atoms with E-state index in [4.69, 9.17) is 22.1 Å². The van der Waals surface area contributed by atoms with Crippen molar-refractivity contribution in [2.24, 2.45) is 0 Å². The van der Waals surface area contributed by atoms with E-state index in [-0.39, 0.29) is 24.4 Å². The van der Waals surface area contributed by atoms with Gasteiger partial charge in [0, 0.05) is 30.1 Å². The number of nitrogens with one attached hydrogen (secondary N) is 1. The minimum atomic E-state index is -0.0981. The molecule has 5 nitrogen and oxygen atoms in total. The molecule has 1 unspecified atom stereocenters. The summed E-state index contributed by atoms with van der Waals surface area (Å²) in [5.41, 5.74) is 7.92. The first kappa shape index (κ1) is 17.6. The first-order valence-corrected chi connectivity index (χ1v) is 8.69. The molecule has 2 fully saturated rings. The van der Waals surface area contributed by atoms with Crippen molar-refractivity contribution in [1.82, 2.24) is 10.2 Å². The molecule has 0 aliphatic carbocycles. The molecule has 0 saturated carbocycles. The van der Waals surface area contributed by atoms with Gasteiger partial charge in [-0.1, -0.05) is 11.6 Å². The van der Waals surface area contributed by atoms with E-state index in [0.717, 1.165) is 18.4 Å². The molecule has 1 aromatic rings. The maximum atomic E-state index is 12.7. The van der Waals surface area contributed by atoms with Gasteiger partial charge in [-0.15, -0.1) is 12.4 Å². The Morgan fingerprint density at radius 2 is 2.04 bits per heavy atom. The first-order valence-electron chi connectivity index (χ1n) is 8.31. The number of piperidine rings is 1. The normalized spacial score (nSPS) is 28.0. The van der Waals surface area contributed by atoms with Crippen LogP contribution in [0.2, 0.25) is 5.02 Å². The van der Waals surface area contributed by atoms with Crippen LogP contribution in [0.4, 0.5) is 5.69 Å². The number of hydrogen-bond acceptors (Lipinski definition) is 4. The van der Waals surface area contributed by atoms with E-state index in [1.54, 1.807) is 6.07 Å². The van der Waals surface area contributed by atoms with Crippen LogP contribution in [0.15, 0.2) is 6.07 Å². The van der Waals surface area contributed by atoms with Gasteiger partial charge in [-0.05, 0) is 38.8 Å². The lowest BCUT2D eigenvalue weighted by atomic mass is 9.97. The van der Waals surface area contributed by atoms with Crippen molar-refractivity contribution in [2.75, 3.05) is 19.4 Å². The number of nitrogen functional groups attached to an aromatic ring is 1. The molecule has 3 aliphatic rings. The summed E-state index contributed by atoms with van der Waals surface area (Å²) >= 11 is 6.19. The number of nitrogens with zero attached hydrogens (tertiary/aromatic N) is 1. The lowest BCUT2D eigenvalue weighted by Crippen LogP contribution is -2.48. The fourth-order valence-electron chi connectivity index (χ4n) is 4.33. The monoisotopic (exact) mass is 371 g/mol. The van der Waals surface area contributed by atoms with Gasteiger partial charge in [-0.2, -0.15) is 0 Å². The average Bonchev–Trinajstić information content (AvgIpc) is 3.06. The molecule has 4 rings (SSSR count). The predicted octanol–water partition coefficient (Wildman–Crippen LogP) is 2.63. The van der Waals surface area contributed by atoms with Crippen molar-refractivity contribution >= 4 is 35.6 Å². The van der Waals surface area contributed by atoms with E-state index >= 15 is 0 Å². The number of rotatable bonds is 2. The SMILES string of the molecule is CN1[C@@H]2CC[C@H]1CC(NC(=O)c1cc(Cl)c(N)c3c1OCC3)C2.Cl. The second-order valence-electron chi connectivity index (χ2n) is 6.92. The van der Waals surface area contributed by atoms with E-state index in [9.17, 15) is 4.79 Å². The number of carbonyl (C=O) groups is 1. The maximum Gasteiger partial charge on any atom is 0.255 e. The molecule has 7 heteroatoms. The molecule has 1 amide bonds. The second kappa shape index (κ2) is 6.62. The smallest absolute Gasteiger partial charge is 0.255 e. The third kappa shape index (κ3) is 2.83. The second-order valence-corrected chi connectivity index (χ2v) is 7.33. The minimum absolute atomic E-state index is 0. The first-order chi connectivity index (χ1) is 11.0. The minimum Gasteiger partial charge on any atom is -0.492 e. The molecule has 3 atom stereocenters. The van der Waals surface area contributed by atoms with Gasteiger partial charge in [0.15, 0.2) is 0 Å². The van der Waals surface area contributed by atoms with Crippen molar-refractivity contribution in [3.63, 3.8) is 0 Å². The van der Waals surface area contributed by atoms with Crippen LogP contribution in [0, 0.1) is 0 Å². The highest BCUT2D eigenvalue weighted by Crippen LogP contribution is 2.39.